The van der Waals surface area contributed by atoms with Gasteiger partial charge in [0.25, 0.3) is 0 Å². The first-order chi connectivity index (χ1) is 5.22. The van der Waals surface area contributed by atoms with Crippen LogP contribution in [-0.4, -0.2) is 0 Å². The summed E-state index contributed by atoms with van der Waals surface area (Å²) in [7, 11) is 0. The van der Waals surface area contributed by atoms with Crippen LogP contribution in [0.4, 0.5) is 0 Å². The Bertz CT molecular complexity index is 170. The minimum Gasteiger partial charge on any atom is -0.0807 e. The summed E-state index contributed by atoms with van der Waals surface area (Å²) in [6, 6.07) is 0. The topological polar surface area (TPSA) is 0 Å². The van der Waals surface area contributed by atoms with Crippen molar-refractivity contribution in [3.05, 3.63) is 29.2 Å². The normalized spacial score (nSPS) is 17.0. The van der Waals surface area contributed by atoms with Gasteiger partial charge in [-0.3, -0.25) is 0 Å². The first kappa shape index (κ1) is 10.5. The molecule has 0 atom stereocenters. The Labute approximate surface area is 71.0 Å². The molecule has 0 fully saturated rings. The zero-order chi connectivity index (χ0) is 8.85. The molecular formula is C11H19. The predicted molar refractivity (Wildman–Crippen MR) is 52.4 cm³/mol. The van der Waals surface area contributed by atoms with Crippen molar-refractivity contribution in [3.8, 4) is 0 Å². The Hall–Kier alpha value is -0.520. The molecule has 0 N–H and O–H groups in total. The van der Waals surface area contributed by atoms with Crippen LogP contribution in [0.25, 0.3) is 0 Å². The largest absolute Gasteiger partial charge is 0.0807 e. The number of hydrogen-bond donors (Lipinski definition) is 0. The van der Waals surface area contributed by atoms with Crippen molar-refractivity contribution in [1.29, 1.82) is 0 Å². The van der Waals surface area contributed by atoms with Gasteiger partial charge in [-0.05, 0) is 39.2 Å². The second-order valence-corrected chi connectivity index (χ2v) is 2.63. The van der Waals surface area contributed by atoms with E-state index < -0.39 is 0 Å². The van der Waals surface area contributed by atoms with Crippen LogP contribution in [0.2, 0.25) is 0 Å². The van der Waals surface area contributed by atoms with Crippen molar-refractivity contribution < 1.29 is 0 Å². The highest BCUT2D eigenvalue weighted by atomic mass is 14.1. The molecule has 1 radical (unpaired) electrons. The number of allylic oxidation sites excluding steroid dienone is 4. The van der Waals surface area contributed by atoms with Crippen LogP contribution in [0.1, 0.15) is 41.0 Å². The number of hydrogen-bond acceptors (Lipinski definition) is 0. The molecule has 0 heterocycles. The molecule has 0 nitrogen and oxygen atoms in total. The Morgan fingerprint density at radius 1 is 1.09 bits per heavy atom. The minimum atomic E-state index is 1.12. The van der Waals surface area contributed by atoms with Crippen LogP contribution >= 0.6 is 0 Å². The van der Waals surface area contributed by atoms with E-state index >= 15 is 0 Å². The van der Waals surface area contributed by atoms with E-state index in [-0.39, 0.29) is 0 Å². The fraction of sp³-hybridized carbons (Fsp3) is 0.545. The molecule has 0 unspecified atom stereocenters. The lowest BCUT2D eigenvalue weighted by molar-refractivity contribution is 1.09. The van der Waals surface area contributed by atoms with E-state index in [1.807, 2.05) is 13.8 Å². The molecule has 0 spiro atoms. The third-order valence-corrected chi connectivity index (χ3v) is 2.03. The van der Waals surface area contributed by atoms with Crippen LogP contribution in [0.5, 0.6) is 0 Å². The molecule has 0 bridgehead atoms. The van der Waals surface area contributed by atoms with Crippen molar-refractivity contribution >= 4 is 0 Å². The van der Waals surface area contributed by atoms with E-state index in [1.165, 1.54) is 16.7 Å². The Morgan fingerprint density at radius 3 is 2.00 bits per heavy atom. The molecule has 0 saturated carbocycles. The summed E-state index contributed by atoms with van der Waals surface area (Å²) >= 11 is 0. The van der Waals surface area contributed by atoms with Gasteiger partial charge < -0.3 is 0 Å². The first-order valence-electron chi connectivity index (χ1n) is 4.39. The maximum Gasteiger partial charge on any atom is -0.00967 e. The smallest absolute Gasteiger partial charge is 0.00967 e. The van der Waals surface area contributed by atoms with Crippen LogP contribution in [-0.2, 0) is 0 Å². The third kappa shape index (κ3) is 2.92. The Balaban J connectivity index is 0.000000461. The van der Waals surface area contributed by atoms with Gasteiger partial charge in [-0.25, -0.2) is 0 Å². The van der Waals surface area contributed by atoms with Crippen molar-refractivity contribution in [3.63, 3.8) is 0 Å². The van der Waals surface area contributed by atoms with Crippen molar-refractivity contribution in [1.82, 2.24) is 0 Å². The highest BCUT2D eigenvalue weighted by Gasteiger charge is 2.03. The maximum absolute atomic E-state index is 2.27. The van der Waals surface area contributed by atoms with Gasteiger partial charge in [0.15, 0.2) is 0 Å². The average molecular weight is 151 g/mol. The molecule has 0 aromatic rings. The molecule has 0 aliphatic heterocycles. The lowest BCUT2D eigenvalue weighted by Crippen LogP contribution is -1.93. The van der Waals surface area contributed by atoms with Gasteiger partial charge in [0.2, 0.25) is 0 Å². The first-order valence-corrected chi connectivity index (χ1v) is 4.39. The second kappa shape index (κ2) is 5.17. The summed E-state index contributed by atoms with van der Waals surface area (Å²) in [6.07, 6.45) is 5.65. The molecular weight excluding hydrogens is 132 g/mol. The monoisotopic (exact) mass is 151 g/mol. The minimum absolute atomic E-state index is 1.12. The van der Waals surface area contributed by atoms with E-state index in [1.54, 1.807) is 0 Å². The SMILES string of the molecule is CC.CC1=CC[CH]C(C)=C1C. The molecule has 0 aromatic carbocycles. The van der Waals surface area contributed by atoms with Crippen molar-refractivity contribution in [2.24, 2.45) is 0 Å². The molecule has 1 aliphatic rings. The molecule has 0 aromatic heterocycles. The fourth-order valence-electron chi connectivity index (χ4n) is 1.03. The average Bonchev–Trinajstić information content (AvgIpc) is 2.04. The molecule has 63 valence electrons. The summed E-state index contributed by atoms with van der Waals surface area (Å²) in [4.78, 5) is 0. The van der Waals surface area contributed by atoms with Crippen molar-refractivity contribution in [2.45, 2.75) is 41.0 Å². The fourth-order valence-corrected chi connectivity index (χ4v) is 1.03. The number of rotatable bonds is 0. The highest BCUT2D eigenvalue weighted by Crippen LogP contribution is 2.22. The van der Waals surface area contributed by atoms with Gasteiger partial charge in [0, 0.05) is 0 Å². The summed E-state index contributed by atoms with van der Waals surface area (Å²) < 4.78 is 0. The van der Waals surface area contributed by atoms with Crippen LogP contribution in [0.3, 0.4) is 0 Å². The molecule has 0 saturated heterocycles. The van der Waals surface area contributed by atoms with Gasteiger partial charge in [-0.1, -0.05) is 31.1 Å². The Morgan fingerprint density at radius 2 is 1.64 bits per heavy atom. The third-order valence-electron chi connectivity index (χ3n) is 2.03. The van der Waals surface area contributed by atoms with E-state index in [9.17, 15) is 0 Å². The summed E-state index contributed by atoms with van der Waals surface area (Å²) in [5, 5.41) is 0. The predicted octanol–water partition coefficient (Wildman–Crippen LogP) is 3.90. The van der Waals surface area contributed by atoms with Crippen LogP contribution in [0, 0.1) is 6.42 Å². The van der Waals surface area contributed by atoms with E-state index in [2.05, 4.69) is 33.3 Å². The summed E-state index contributed by atoms with van der Waals surface area (Å²) in [5.74, 6) is 0. The van der Waals surface area contributed by atoms with Gasteiger partial charge in [-0.2, -0.15) is 0 Å². The zero-order valence-corrected chi connectivity index (χ0v) is 8.36. The summed E-state index contributed by atoms with van der Waals surface area (Å²) in [5.41, 5.74) is 4.33. The standard InChI is InChI=1S/C9H13.C2H6/c1-7-5-4-6-8(2)9(7)3;1-2/h5-6H,4H2,1-3H3;1-2H3. The summed E-state index contributed by atoms with van der Waals surface area (Å²) in [6.45, 7) is 10.5. The van der Waals surface area contributed by atoms with Gasteiger partial charge in [0.1, 0.15) is 0 Å². The lowest BCUT2D eigenvalue weighted by Gasteiger charge is -2.12. The molecule has 0 heteroatoms. The van der Waals surface area contributed by atoms with Gasteiger partial charge in [-0.15, -0.1) is 0 Å². The van der Waals surface area contributed by atoms with Gasteiger partial charge in [0.05, 0.1) is 0 Å². The van der Waals surface area contributed by atoms with E-state index in [0.29, 0.717) is 0 Å². The molecule has 11 heavy (non-hydrogen) atoms. The van der Waals surface area contributed by atoms with Gasteiger partial charge >= 0.3 is 0 Å². The van der Waals surface area contributed by atoms with Crippen LogP contribution in [0.15, 0.2) is 22.8 Å². The maximum atomic E-state index is 2.27. The lowest BCUT2D eigenvalue weighted by atomic mass is 9.94. The molecule has 1 aliphatic carbocycles. The van der Waals surface area contributed by atoms with Crippen LogP contribution < -0.4 is 0 Å². The highest BCUT2D eigenvalue weighted by molar-refractivity contribution is 5.38. The molecule has 0 amide bonds. The Kier molecular flexibility index (Phi) is 4.93. The quantitative estimate of drug-likeness (QED) is 0.492. The second-order valence-electron chi connectivity index (χ2n) is 2.63. The zero-order valence-electron chi connectivity index (χ0n) is 8.36. The van der Waals surface area contributed by atoms with E-state index in [0.717, 1.165) is 6.42 Å². The van der Waals surface area contributed by atoms with E-state index in [4.69, 9.17) is 0 Å². The van der Waals surface area contributed by atoms with Crippen molar-refractivity contribution in [2.75, 3.05) is 0 Å². The molecule has 1 rings (SSSR count).